The third-order valence-electron chi connectivity index (χ3n) is 4.73. The van der Waals surface area contributed by atoms with E-state index in [9.17, 15) is 19.2 Å². The van der Waals surface area contributed by atoms with Crippen molar-refractivity contribution in [3.63, 3.8) is 0 Å². The SMILES string of the molecule is CC[C@H](NC(C)=O)C(=O)N[C@H](CC)C(=O)N[C@@H](Cc1cnc[nH]1)C(=O)NCCOCCOC. The number of methoxy groups -OCH3 is 1. The third kappa shape index (κ3) is 10.9. The molecule has 0 bridgehead atoms. The molecule has 0 aromatic carbocycles. The number of hydrogen-bond acceptors (Lipinski definition) is 7. The van der Waals surface area contributed by atoms with Gasteiger partial charge in [-0.1, -0.05) is 13.8 Å². The van der Waals surface area contributed by atoms with Gasteiger partial charge in [0.05, 0.1) is 26.1 Å². The van der Waals surface area contributed by atoms with Gasteiger partial charge in [-0.3, -0.25) is 19.2 Å². The predicted molar refractivity (Wildman–Crippen MR) is 120 cm³/mol. The summed E-state index contributed by atoms with van der Waals surface area (Å²) in [6.45, 7) is 6.25. The van der Waals surface area contributed by atoms with Crippen LogP contribution in [0.2, 0.25) is 0 Å². The van der Waals surface area contributed by atoms with Crippen LogP contribution < -0.4 is 21.3 Å². The van der Waals surface area contributed by atoms with Crippen LogP contribution in [0, 0.1) is 0 Å². The summed E-state index contributed by atoms with van der Waals surface area (Å²) >= 11 is 0. The molecule has 12 heteroatoms. The summed E-state index contributed by atoms with van der Waals surface area (Å²) in [6, 6.07) is -2.50. The highest BCUT2D eigenvalue weighted by Crippen LogP contribution is 2.02. The minimum Gasteiger partial charge on any atom is -0.382 e. The van der Waals surface area contributed by atoms with Gasteiger partial charge in [0, 0.05) is 38.9 Å². The molecule has 3 atom stereocenters. The van der Waals surface area contributed by atoms with Gasteiger partial charge in [-0.05, 0) is 12.8 Å². The van der Waals surface area contributed by atoms with Gasteiger partial charge in [0.25, 0.3) is 0 Å². The molecule has 186 valence electrons. The lowest BCUT2D eigenvalue weighted by Crippen LogP contribution is -2.57. The van der Waals surface area contributed by atoms with Gasteiger partial charge >= 0.3 is 0 Å². The topological polar surface area (TPSA) is 164 Å². The number of aromatic nitrogens is 2. The van der Waals surface area contributed by atoms with E-state index in [0.717, 1.165) is 0 Å². The number of carbonyl (C=O) groups excluding carboxylic acids is 4. The van der Waals surface area contributed by atoms with Gasteiger partial charge < -0.3 is 35.7 Å². The molecular formula is C21H36N6O6. The molecule has 0 radical (unpaired) electrons. The van der Waals surface area contributed by atoms with E-state index in [0.29, 0.717) is 38.4 Å². The van der Waals surface area contributed by atoms with Crippen molar-refractivity contribution in [1.29, 1.82) is 0 Å². The van der Waals surface area contributed by atoms with Gasteiger partial charge in [0.15, 0.2) is 0 Å². The molecule has 1 aromatic heterocycles. The number of carbonyl (C=O) groups is 4. The summed E-state index contributed by atoms with van der Waals surface area (Å²) in [4.78, 5) is 56.2. The number of hydrogen-bond donors (Lipinski definition) is 5. The monoisotopic (exact) mass is 468 g/mol. The molecule has 0 aliphatic rings. The Morgan fingerprint density at radius 2 is 1.58 bits per heavy atom. The Kier molecular flexibility index (Phi) is 13.4. The maximum Gasteiger partial charge on any atom is 0.243 e. The van der Waals surface area contributed by atoms with Crippen molar-refractivity contribution in [3.8, 4) is 0 Å². The minimum absolute atomic E-state index is 0.190. The van der Waals surface area contributed by atoms with Crippen LogP contribution in [-0.2, 0) is 35.1 Å². The molecule has 0 unspecified atom stereocenters. The van der Waals surface area contributed by atoms with E-state index in [1.807, 2.05) is 0 Å². The Bertz CT molecular complexity index is 742. The smallest absolute Gasteiger partial charge is 0.243 e. The fourth-order valence-corrected chi connectivity index (χ4v) is 2.94. The standard InChI is InChI=1S/C21H36N6O6/c1-5-16(25-14(3)28)20(30)26-17(6-2)21(31)27-18(11-15-12-22-13-24-15)19(29)23-7-8-33-10-9-32-4/h12-13,16-18H,5-11H2,1-4H3,(H,22,24)(H,23,29)(H,25,28)(H,26,30)(H,27,31)/t16-,17+,18-/m0/s1. The van der Waals surface area contributed by atoms with Gasteiger partial charge in [-0.2, -0.15) is 0 Å². The molecule has 0 aliphatic carbocycles. The normalized spacial score (nSPS) is 13.5. The third-order valence-corrected chi connectivity index (χ3v) is 4.73. The zero-order chi connectivity index (χ0) is 24.6. The second-order valence-electron chi connectivity index (χ2n) is 7.37. The van der Waals surface area contributed by atoms with E-state index < -0.39 is 29.9 Å². The fraction of sp³-hybridized carbons (Fsp3) is 0.667. The Labute approximate surface area is 194 Å². The number of nitrogens with zero attached hydrogens (tertiary/aromatic N) is 1. The van der Waals surface area contributed by atoms with Crippen molar-refractivity contribution in [2.75, 3.05) is 33.5 Å². The molecule has 1 heterocycles. The van der Waals surface area contributed by atoms with E-state index in [1.54, 1.807) is 27.2 Å². The van der Waals surface area contributed by atoms with Gasteiger partial charge in [0.2, 0.25) is 23.6 Å². The van der Waals surface area contributed by atoms with E-state index in [2.05, 4.69) is 31.2 Å². The van der Waals surface area contributed by atoms with Crippen LogP contribution in [-0.4, -0.2) is 85.2 Å². The molecule has 4 amide bonds. The Hall–Kier alpha value is -2.99. The Balaban J connectivity index is 2.74. The van der Waals surface area contributed by atoms with Crippen LogP contribution in [0.25, 0.3) is 0 Å². The molecule has 5 N–H and O–H groups in total. The first-order chi connectivity index (χ1) is 15.8. The van der Waals surface area contributed by atoms with Gasteiger partial charge in [-0.15, -0.1) is 0 Å². The quantitative estimate of drug-likeness (QED) is 0.195. The maximum atomic E-state index is 12.9. The number of amides is 4. The van der Waals surface area contributed by atoms with E-state index in [1.165, 1.54) is 13.3 Å². The second-order valence-corrected chi connectivity index (χ2v) is 7.37. The van der Waals surface area contributed by atoms with Crippen LogP contribution in [0.4, 0.5) is 0 Å². The Morgan fingerprint density at radius 3 is 2.12 bits per heavy atom. The molecule has 0 saturated carbocycles. The van der Waals surface area contributed by atoms with E-state index >= 15 is 0 Å². The lowest BCUT2D eigenvalue weighted by molar-refractivity contribution is -0.133. The molecule has 0 fully saturated rings. The van der Waals surface area contributed by atoms with Gasteiger partial charge in [0.1, 0.15) is 18.1 Å². The number of aromatic amines is 1. The average Bonchev–Trinajstić information content (AvgIpc) is 3.30. The van der Waals surface area contributed by atoms with Crippen molar-refractivity contribution >= 4 is 23.6 Å². The largest absolute Gasteiger partial charge is 0.382 e. The molecule has 1 aromatic rings. The van der Waals surface area contributed by atoms with Crippen molar-refractivity contribution < 1.29 is 28.7 Å². The summed E-state index contributed by atoms with van der Waals surface area (Å²) in [6.07, 6.45) is 3.92. The maximum absolute atomic E-state index is 12.9. The molecule has 0 saturated heterocycles. The number of ether oxygens (including phenoxy) is 2. The molecular weight excluding hydrogens is 432 g/mol. The van der Waals surface area contributed by atoms with Crippen molar-refractivity contribution in [3.05, 3.63) is 18.2 Å². The van der Waals surface area contributed by atoms with Gasteiger partial charge in [-0.25, -0.2) is 4.98 Å². The Morgan fingerprint density at radius 1 is 0.939 bits per heavy atom. The first kappa shape index (κ1) is 28.0. The summed E-state index contributed by atoms with van der Waals surface area (Å²) in [7, 11) is 1.57. The molecule has 1 rings (SSSR count). The van der Waals surface area contributed by atoms with Crippen LogP contribution >= 0.6 is 0 Å². The van der Waals surface area contributed by atoms with Crippen molar-refractivity contribution in [2.45, 2.75) is 58.2 Å². The second kappa shape index (κ2) is 15.8. The molecule has 0 spiro atoms. The summed E-state index contributed by atoms with van der Waals surface area (Å²) in [5, 5.41) is 10.6. The number of imidazole rings is 1. The van der Waals surface area contributed by atoms with Crippen molar-refractivity contribution in [2.24, 2.45) is 0 Å². The van der Waals surface area contributed by atoms with E-state index in [4.69, 9.17) is 9.47 Å². The van der Waals surface area contributed by atoms with Crippen LogP contribution in [0.1, 0.15) is 39.3 Å². The molecule has 0 aliphatic heterocycles. The number of nitrogens with one attached hydrogen (secondary N) is 5. The fourth-order valence-electron chi connectivity index (χ4n) is 2.94. The zero-order valence-corrected chi connectivity index (χ0v) is 19.7. The van der Waals surface area contributed by atoms with Crippen LogP contribution in [0.3, 0.4) is 0 Å². The lowest BCUT2D eigenvalue weighted by atomic mass is 10.1. The highest BCUT2D eigenvalue weighted by molar-refractivity contribution is 5.94. The van der Waals surface area contributed by atoms with Crippen LogP contribution in [0.5, 0.6) is 0 Å². The lowest BCUT2D eigenvalue weighted by Gasteiger charge is -2.24. The summed E-state index contributed by atoms with van der Waals surface area (Å²) in [5.41, 5.74) is 0.667. The first-order valence-electron chi connectivity index (χ1n) is 11.0. The predicted octanol–water partition coefficient (Wildman–Crippen LogP) is -0.974. The van der Waals surface area contributed by atoms with Crippen molar-refractivity contribution in [1.82, 2.24) is 31.2 Å². The average molecular weight is 469 g/mol. The summed E-state index contributed by atoms with van der Waals surface area (Å²) < 4.78 is 10.2. The number of rotatable bonds is 16. The molecule has 12 nitrogen and oxygen atoms in total. The number of H-pyrrole nitrogens is 1. The molecule has 33 heavy (non-hydrogen) atoms. The minimum atomic E-state index is -0.889. The first-order valence-corrected chi connectivity index (χ1v) is 11.0. The highest BCUT2D eigenvalue weighted by Gasteiger charge is 2.28. The van der Waals surface area contributed by atoms with E-state index in [-0.39, 0.29) is 24.8 Å². The summed E-state index contributed by atoms with van der Waals surface area (Å²) in [5.74, 6) is -1.69. The zero-order valence-electron chi connectivity index (χ0n) is 19.7. The highest BCUT2D eigenvalue weighted by atomic mass is 16.5. The van der Waals surface area contributed by atoms with Crippen LogP contribution in [0.15, 0.2) is 12.5 Å².